The van der Waals surface area contributed by atoms with Crippen LogP contribution in [0.2, 0.25) is 0 Å². The molecule has 0 radical (unpaired) electrons. The van der Waals surface area contributed by atoms with Crippen molar-refractivity contribution in [3.63, 3.8) is 0 Å². The van der Waals surface area contributed by atoms with Gasteiger partial charge in [-0.1, -0.05) is 57.9 Å². The fourth-order valence-electron chi connectivity index (χ4n) is 9.17. The maximum absolute atomic E-state index is 12.8. The molecule has 0 aromatic heterocycles. The summed E-state index contributed by atoms with van der Waals surface area (Å²) in [6.45, 7) is 16.3. The van der Waals surface area contributed by atoms with Crippen molar-refractivity contribution in [3.05, 3.63) is 23.3 Å². The minimum atomic E-state index is -0.206. The molecule has 32 heavy (non-hydrogen) atoms. The number of hydrogen-bond donors (Lipinski definition) is 0. The van der Waals surface area contributed by atoms with Crippen LogP contribution in [0, 0.1) is 45.3 Å². The van der Waals surface area contributed by atoms with Gasteiger partial charge in [-0.25, -0.2) is 0 Å². The Bertz CT molecular complexity index is 843. The average molecular weight is 439 g/mol. The lowest BCUT2D eigenvalue weighted by Gasteiger charge is -2.63. The highest BCUT2D eigenvalue weighted by Crippen LogP contribution is 2.73. The first-order valence-electron chi connectivity index (χ1n) is 13.2. The van der Waals surface area contributed by atoms with Crippen LogP contribution in [-0.2, 0) is 9.59 Å². The smallest absolute Gasteiger partial charge is 0.138 e. The molecule has 178 valence electrons. The van der Waals surface area contributed by atoms with E-state index in [4.69, 9.17) is 0 Å². The van der Waals surface area contributed by atoms with E-state index in [9.17, 15) is 9.59 Å². The van der Waals surface area contributed by atoms with Crippen LogP contribution in [0.15, 0.2) is 23.3 Å². The van der Waals surface area contributed by atoms with E-state index in [1.54, 1.807) is 5.57 Å². The molecule has 3 saturated carbocycles. The zero-order chi connectivity index (χ0) is 23.5. The third kappa shape index (κ3) is 3.25. The van der Waals surface area contributed by atoms with E-state index in [-0.39, 0.29) is 27.6 Å². The Morgan fingerprint density at radius 3 is 2.47 bits per heavy atom. The molecule has 0 aromatic rings. The Morgan fingerprint density at radius 2 is 1.81 bits per heavy atom. The molecule has 0 saturated heterocycles. The Balaban J connectivity index is 1.65. The molecule has 0 bridgehead atoms. The van der Waals surface area contributed by atoms with Crippen LogP contribution in [0.1, 0.15) is 106 Å². The van der Waals surface area contributed by atoms with Crippen molar-refractivity contribution < 1.29 is 9.59 Å². The van der Waals surface area contributed by atoms with Crippen LogP contribution in [0.4, 0.5) is 0 Å². The van der Waals surface area contributed by atoms with Gasteiger partial charge in [0.05, 0.1) is 0 Å². The van der Waals surface area contributed by atoms with E-state index >= 15 is 0 Å². The van der Waals surface area contributed by atoms with Crippen molar-refractivity contribution in [3.8, 4) is 0 Å². The van der Waals surface area contributed by atoms with Crippen LogP contribution in [0.3, 0.4) is 0 Å². The van der Waals surface area contributed by atoms with Crippen LogP contribution in [0.5, 0.6) is 0 Å². The number of rotatable bonds is 5. The summed E-state index contributed by atoms with van der Waals surface area (Å²) in [4.78, 5) is 25.0. The second-order valence-corrected chi connectivity index (χ2v) is 13.2. The van der Waals surface area contributed by atoms with E-state index in [0.717, 1.165) is 32.1 Å². The van der Waals surface area contributed by atoms with Crippen molar-refractivity contribution >= 4 is 12.1 Å². The summed E-state index contributed by atoms with van der Waals surface area (Å²) in [5.41, 5.74) is 3.47. The monoisotopic (exact) mass is 438 g/mol. The molecule has 0 N–H and O–H groups in total. The molecule has 3 fully saturated rings. The van der Waals surface area contributed by atoms with Crippen molar-refractivity contribution in [2.75, 3.05) is 0 Å². The molecule has 2 heteroatoms. The van der Waals surface area contributed by atoms with Gasteiger partial charge in [-0.3, -0.25) is 4.79 Å². The third-order valence-corrected chi connectivity index (χ3v) is 11.4. The van der Waals surface area contributed by atoms with E-state index in [1.807, 2.05) is 0 Å². The van der Waals surface area contributed by atoms with Gasteiger partial charge in [0.1, 0.15) is 12.1 Å². The number of aldehydes is 1. The first kappa shape index (κ1) is 24.0. The van der Waals surface area contributed by atoms with Gasteiger partial charge in [0.2, 0.25) is 0 Å². The third-order valence-electron chi connectivity index (χ3n) is 11.4. The lowest BCUT2D eigenvalue weighted by Crippen LogP contribution is -2.57. The number of hydrogen-bond acceptors (Lipinski definition) is 2. The fourth-order valence-corrected chi connectivity index (χ4v) is 9.17. The standard InChI is InChI=1S/C30H46O2/c1-20(2)9-8-10-21(19-31)22-13-17-30(7)24-11-12-25-27(3,4)26(32)15-16-28(25,5)23(24)14-18-29(22,30)6/h9,11,19,21-23,25H,8,10,12-18H2,1-7H3/t21-,22+,23+,25-,28-,29+,30-/m1/s1. The highest BCUT2D eigenvalue weighted by Gasteiger charge is 2.65. The first-order chi connectivity index (χ1) is 14.9. The highest BCUT2D eigenvalue weighted by molar-refractivity contribution is 5.85. The van der Waals surface area contributed by atoms with Crippen LogP contribution in [0.25, 0.3) is 0 Å². The van der Waals surface area contributed by atoms with Gasteiger partial charge >= 0.3 is 0 Å². The van der Waals surface area contributed by atoms with Gasteiger partial charge in [0.25, 0.3) is 0 Å². The number of carbonyl (C=O) groups is 2. The topological polar surface area (TPSA) is 34.1 Å². The zero-order valence-electron chi connectivity index (χ0n) is 21.7. The predicted octanol–water partition coefficient (Wildman–Crippen LogP) is 7.72. The lowest BCUT2D eigenvalue weighted by atomic mass is 9.41. The van der Waals surface area contributed by atoms with Crippen LogP contribution < -0.4 is 0 Å². The minimum absolute atomic E-state index is 0.174. The van der Waals surface area contributed by atoms with Gasteiger partial charge in [0.15, 0.2) is 0 Å². The van der Waals surface area contributed by atoms with Crippen molar-refractivity contribution in [1.29, 1.82) is 0 Å². The summed E-state index contributed by atoms with van der Waals surface area (Å²) in [7, 11) is 0. The lowest BCUT2D eigenvalue weighted by molar-refractivity contribution is -0.146. The van der Waals surface area contributed by atoms with Gasteiger partial charge < -0.3 is 4.79 Å². The Morgan fingerprint density at radius 1 is 1.09 bits per heavy atom. The second-order valence-electron chi connectivity index (χ2n) is 13.2. The Labute approximate surface area is 196 Å². The molecule has 7 atom stereocenters. The van der Waals surface area contributed by atoms with Crippen molar-refractivity contribution in [2.45, 2.75) is 106 Å². The normalized spacial score (nSPS) is 43.4. The minimum Gasteiger partial charge on any atom is -0.303 e. The molecule has 0 amide bonds. The summed E-state index contributed by atoms with van der Waals surface area (Å²) in [5.74, 6) is 2.20. The molecule has 4 aliphatic rings. The molecule has 0 aliphatic heterocycles. The Kier molecular flexibility index (Phi) is 5.95. The predicted molar refractivity (Wildman–Crippen MR) is 132 cm³/mol. The van der Waals surface area contributed by atoms with Crippen molar-refractivity contribution in [1.82, 2.24) is 0 Å². The van der Waals surface area contributed by atoms with Crippen LogP contribution in [-0.4, -0.2) is 12.1 Å². The fraction of sp³-hybridized carbons (Fsp3) is 0.800. The number of Topliss-reactive ketones (excluding diaryl/α,β-unsaturated/α-hetero) is 1. The summed E-state index contributed by atoms with van der Waals surface area (Å²) in [5, 5.41) is 0. The average Bonchev–Trinajstić information content (AvgIpc) is 3.00. The zero-order valence-corrected chi connectivity index (χ0v) is 21.7. The molecule has 0 unspecified atom stereocenters. The van der Waals surface area contributed by atoms with Gasteiger partial charge in [-0.05, 0) is 99.2 Å². The summed E-state index contributed by atoms with van der Waals surface area (Å²) in [6, 6.07) is 0. The Hall–Kier alpha value is -1.18. The largest absolute Gasteiger partial charge is 0.303 e. The van der Waals surface area contributed by atoms with Gasteiger partial charge in [-0.15, -0.1) is 0 Å². The summed E-state index contributed by atoms with van der Waals surface area (Å²) >= 11 is 0. The molecule has 0 heterocycles. The molecule has 4 aliphatic carbocycles. The maximum Gasteiger partial charge on any atom is 0.138 e. The number of allylic oxidation sites excluding steroid dienone is 4. The highest BCUT2D eigenvalue weighted by atomic mass is 16.1. The number of carbonyl (C=O) groups excluding carboxylic acids is 2. The molecule has 4 rings (SSSR count). The van der Waals surface area contributed by atoms with Crippen molar-refractivity contribution in [2.24, 2.45) is 45.3 Å². The van der Waals surface area contributed by atoms with E-state index in [2.05, 4.69) is 60.6 Å². The summed E-state index contributed by atoms with van der Waals surface area (Å²) in [6.07, 6.45) is 15.9. The maximum atomic E-state index is 12.8. The molecular weight excluding hydrogens is 392 g/mol. The van der Waals surface area contributed by atoms with Gasteiger partial charge in [0, 0.05) is 17.8 Å². The van der Waals surface area contributed by atoms with E-state index in [0.29, 0.717) is 23.5 Å². The quantitative estimate of drug-likeness (QED) is 0.325. The molecular formula is C30H46O2. The first-order valence-corrected chi connectivity index (χ1v) is 13.2. The number of fused-ring (bicyclic) bond motifs is 5. The second kappa shape index (κ2) is 7.95. The molecule has 0 spiro atoms. The SMILES string of the molecule is CC(C)=CCC[C@H](C=O)[C@@H]1CC[C@]2(C)C3=CC[C@@H]4C(C)(C)C(=O)CC[C@]4(C)[C@H]3CC[C@@]12C. The molecule has 2 nitrogen and oxygen atoms in total. The van der Waals surface area contributed by atoms with Crippen LogP contribution >= 0.6 is 0 Å². The van der Waals surface area contributed by atoms with Gasteiger partial charge in [-0.2, -0.15) is 0 Å². The number of ketones is 1. The van der Waals surface area contributed by atoms with E-state index in [1.165, 1.54) is 37.5 Å². The van der Waals surface area contributed by atoms with E-state index < -0.39 is 0 Å². The molecule has 0 aromatic carbocycles. The summed E-state index contributed by atoms with van der Waals surface area (Å²) < 4.78 is 0.